The number of carboxylic acid groups (broad SMARTS) is 1. The maximum Gasteiger partial charge on any atom is 0.326 e. The Hall–Kier alpha value is -4.40. The van der Waals surface area contributed by atoms with Gasteiger partial charge in [0.15, 0.2) is 0 Å². The first-order chi connectivity index (χ1) is 28.0. The Balaban J connectivity index is 1.69. The number of aliphatic hydroxyl groups is 1. The van der Waals surface area contributed by atoms with E-state index in [4.69, 9.17) is 11.5 Å². The minimum Gasteiger partial charge on any atom is -0.480 e. The molecular weight excluding hydrogens is 768 g/mol. The van der Waals surface area contributed by atoms with Crippen molar-refractivity contribution >= 4 is 47.3 Å². The largest absolute Gasteiger partial charge is 0.480 e. The van der Waals surface area contributed by atoms with Crippen molar-refractivity contribution in [2.24, 2.45) is 17.4 Å². The van der Waals surface area contributed by atoms with Crippen LogP contribution in [0.2, 0.25) is 0 Å². The molecule has 20 heteroatoms. The number of likely N-dealkylation sites (tertiary alicyclic amines) is 2. The van der Waals surface area contributed by atoms with E-state index in [0.29, 0.717) is 71.0 Å². The number of nitrogens with zero attached hydrogens (tertiary/aromatic N) is 2. The van der Waals surface area contributed by atoms with Crippen molar-refractivity contribution in [3.63, 3.8) is 0 Å². The van der Waals surface area contributed by atoms with Crippen LogP contribution in [0, 0.1) is 5.92 Å². The predicted molar refractivity (Wildman–Crippen MR) is 216 cm³/mol. The van der Waals surface area contributed by atoms with E-state index in [9.17, 15) is 48.6 Å². The van der Waals surface area contributed by atoms with Crippen LogP contribution in [0.25, 0.3) is 0 Å². The number of aliphatic carboxylic acids is 1. The standard InChI is InChI=1S/C39H68N10O10/c1-5-22(2)31(36(55)44-23(3)37(56)48-19-11-15-29(48)34(53)46-28(39(58)59)13-7-9-17-41)47-33(52)27(12-6-8-16-40)45-35(54)30-20-25(50)21-49(30)38(57)24(4)43-32(51)26-14-10-18-42-26/h22-31,42,50H,5-21,40-41H2,1-4H3,(H,43,51)(H,44,55)(H,45,54)(H,46,53)(H,47,52)(H,58,59)/t22-,23-,24-,25+,26-,27-,28-,29-,30-,31-/m0/s1. The van der Waals surface area contributed by atoms with Gasteiger partial charge in [0, 0.05) is 19.5 Å². The zero-order valence-corrected chi connectivity index (χ0v) is 35.0. The molecule has 334 valence electrons. The van der Waals surface area contributed by atoms with Gasteiger partial charge in [-0.1, -0.05) is 20.3 Å². The van der Waals surface area contributed by atoms with Crippen molar-refractivity contribution in [2.45, 2.75) is 159 Å². The van der Waals surface area contributed by atoms with Gasteiger partial charge in [0.25, 0.3) is 0 Å². The second-order valence-corrected chi connectivity index (χ2v) is 16.1. The predicted octanol–water partition coefficient (Wildman–Crippen LogP) is -2.46. The lowest BCUT2D eigenvalue weighted by molar-refractivity contribution is -0.145. The number of hydrogen-bond acceptors (Lipinski definition) is 12. The summed E-state index contributed by atoms with van der Waals surface area (Å²) in [5.74, 6) is -5.66. The number of amides is 7. The SMILES string of the molecule is CC[C@H](C)[C@H](NC(=O)[C@H](CCCCN)NC(=O)[C@@H]1C[C@@H](O)CN1C(=O)[C@H](C)NC(=O)[C@@H]1CCCN1)C(=O)N[C@@H](C)C(=O)N1CCC[C@H]1C(=O)N[C@@H](CCCCN)C(=O)O. The molecule has 59 heavy (non-hydrogen) atoms. The highest BCUT2D eigenvalue weighted by atomic mass is 16.4. The molecule has 20 nitrogen and oxygen atoms in total. The highest BCUT2D eigenvalue weighted by molar-refractivity contribution is 5.98. The zero-order chi connectivity index (χ0) is 43.8. The fourth-order valence-corrected chi connectivity index (χ4v) is 7.76. The number of unbranched alkanes of at least 4 members (excludes halogenated alkanes) is 2. The summed E-state index contributed by atoms with van der Waals surface area (Å²) in [4.78, 5) is 109. The molecular formula is C39H68N10O10. The van der Waals surface area contributed by atoms with Crippen molar-refractivity contribution in [2.75, 3.05) is 32.7 Å². The van der Waals surface area contributed by atoms with Crippen molar-refractivity contribution in [3.8, 4) is 0 Å². The number of carboxylic acids is 1. The molecule has 10 atom stereocenters. The molecule has 3 heterocycles. The molecule has 3 saturated heterocycles. The molecule has 3 fully saturated rings. The third-order valence-electron chi connectivity index (χ3n) is 11.5. The van der Waals surface area contributed by atoms with Crippen LogP contribution in [0.3, 0.4) is 0 Å². The summed E-state index contributed by atoms with van der Waals surface area (Å²) in [6.07, 6.45) is 4.06. The van der Waals surface area contributed by atoms with Gasteiger partial charge in [-0.05, 0) is 104 Å². The van der Waals surface area contributed by atoms with Gasteiger partial charge in [-0.3, -0.25) is 33.6 Å². The summed E-state index contributed by atoms with van der Waals surface area (Å²) in [6.45, 7) is 8.04. The van der Waals surface area contributed by atoms with Gasteiger partial charge in [-0.25, -0.2) is 4.79 Å². The number of nitrogens with one attached hydrogen (secondary N) is 6. The number of aliphatic hydroxyl groups excluding tert-OH is 1. The van der Waals surface area contributed by atoms with E-state index in [2.05, 4.69) is 31.9 Å². The second kappa shape index (κ2) is 24.0. The normalized spacial score (nSPS) is 23.3. The Labute approximate surface area is 346 Å². The van der Waals surface area contributed by atoms with Gasteiger partial charge in [0.05, 0.1) is 12.1 Å². The first-order valence-electron chi connectivity index (χ1n) is 21.2. The number of carbonyl (C=O) groups is 8. The van der Waals surface area contributed by atoms with E-state index < -0.39 is 102 Å². The van der Waals surface area contributed by atoms with E-state index in [0.717, 1.165) is 6.42 Å². The van der Waals surface area contributed by atoms with E-state index in [-0.39, 0.29) is 38.3 Å². The Morgan fingerprint density at radius 2 is 1.31 bits per heavy atom. The number of nitrogens with two attached hydrogens (primary N) is 2. The topological polar surface area (TPSA) is 308 Å². The molecule has 0 aliphatic carbocycles. The van der Waals surface area contributed by atoms with Crippen LogP contribution in [0.4, 0.5) is 0 Å². The Kier molecular flexibility index (Phi) is 19.9. The summed E-state index contributed by atoms with van der Waals surface area (Å²) < 4.78 is 0. The lowest BCUT2D eigenvalue weighted by atomic mass is 9.97. The molecule has 0 aromatic carbocycles. The fraction of sp³-hybridized carbons (Fsp3) is 0.795. The Morgan fingerprint density at radius 1 is 0.712 bits per heavy atom. The molecule has 0 spiro atoms. The first-order valence-corrected chi connectivity index (χ1v) is 21.2. The van der Waals surface area contributed by atoms with Crippen LogP contribution >= 0.6 is 0 Å². The van der Waals surface area contributed by atoms with Crippen LogP contribution < -0.4 is 43.4 Å². The van der Waals surface area contributed by atoms with Crippen LogP contribution in [-0.4, -0.2) is 154 Å². The van der Waals surface area contributed by atoms with Crippen LogP contribution in [0.1, 0.15) is 105 Å². The van der Waals surface area contributed by atoms with Gasteiger partial charge in [-0.15, -0.1) is 0 Å². The third-order valence-corrected chi connectivity index (χ3v) is 11.5. The molecule has 3 aliphatic heterocycles. The smallest absolute Gasteiger partial charge is 0.326 e. The van der Waals surface area contributed by atoms with E-state index in [1.165, 1.54) is 23.6 Å². The second-order valence-electron chi connectivity index (χ2n) is 16.1. The maximum absolute atomic E-state index is 13.9. The van der Waals surface area contributed by atoms with E-state index in [1.54, 1.807) is 6.92 Å². The van der Waals surface area contributed by atoms with Crippen LogP contribution in [-0.2, 0) is 38.4 Å². The van der Waals surface area contributed by atoms with Crippen molar-refractivity contribution in [3.05, 3.63) is 0 Å². The summed E-state index contributed by atoms with van der Waals surface area (Å²) in [6, 6.07) is -7.99. The summed E-state index contributed by atoms with van der Waals surface area (Å²) in [5.41, 5.74) is 11.2. The van der Waals surface area contributed by atoms with Gasteiger partial charge in [-0.2, -0.15) is 0 Å². The molecule has 0 radical (unpaired) electrons. The minimum absolute atomic E-state index is 0.0855. The molecule has 0 aromatic rings. The fourth-order valence-electron chi connectivity index (χ4n) is 7.76. The lowest BCUT2D eigenvalue weighted by Crippen LogP contribution is -2.60. The average Bonchev–Trinajstić information content (AvgIpc) is 4.00. The van der Waals surface area contributed by atoms with Gasteiger partial charge < -0.3 is 63.4 Å². The quantitative estimate of drug-likeness (QED) is 0.0479. The maximum atomic E-state index is 13.9. The summed E-state index contributed by atoms with van der Waals surface area (Å²) in [7, 11) is 0. The molecule has 12 N–H and O–H groups in total. The Bertz CT molecular complexity index is 1480. The molecule has 3 rings (SSSR count). The lowest BCUT2D eigenvalue weighted by Gasteiger charge is -2.31. The highest BCUT2D eigenvalue weighted by Crippen LogP contribution is 2.22. The monoisotopic (exact) mass is 837 g/mol. The first kappa shape index (κ1) is 49.0. The molecule has 7 amide bonds. The average molecular weight is 837 g/mol. The number of carbonyl (C=O) groups excluding carboxylic acids is 7. The van der Waals surface area contributed by atoms with Gasteiger partial charge in [0.1, 0.15) is 42.3 Å². The van der Waals surface area contributed by atoms with Crippen LogP contribution in [0.15, 0.2) is 0 Å². The van der Waals surface area contributed by atoms with Gasteiger partial charge in [0.2, 0.25) is 41.4 Å². The minimum atomic E-state index is -1.19. The number of β-amino-alcohol motifs (C(OH)–C–C–N with tert-alkyl or cyclic N) is 1. The number of hydrogen-bond donors (Lipinski definition) is 10. The molecule has 3 aliphatic rings. The van der Waals surface area contributed by atoms with Crippen molar-refractivity contribution in [1.82, 2.24) is 41.7 Å². The molecule has 0 aromatic heterocycles. The zero-order valence-electron chi connectivity index (χ0n) is 35.0. The summed E-state index contributed by atoms with van der Waals surface area (Å²) in [5, 5.41) is 36.6. The Morgan fingerprint density at radius 3 is 1.90 bits per heavy atom. The number of rotatable bonds is 23. The van der Waals surface area contributed by atoms with Crippen molar-refractivity contribution in [1.29, 1.82) is 0 Å². The van der Waals surface area contributed by atoms with Crippen molar-refractivity contribution < 1.29 is 48.6 Å². The highest BCUT2D eigenvalue weighted by Gasteiger charge is 2.43. The van der Waals surface area contributed by atoms with Gasteiger partial charge >= 0.3 is 5.97 Å². The summed E-state index contributed by atoms with van der Waals surface area (Å²) >= 11 is 0. The van der Waals surface area contributed by atoms with E-state index >= 15 is 0 Å². The van der Waals surface area contributed by atoms with Crippen LogP contribution in [0.5, 0.6) is 0 Å². The van der Waals surface area contributed by atoms with E-state index in [1.807, 2.05) is 6.92 Å². The molecule has 0 bridgehead atoms. The third kappa shape index (κ3) is 14.1. The molecule has 0 unspecified atom stereocenters. The molecule has 0 saturated carbocycles.